The highest BCUT2D eigenvalue weighted by molar-refractivity contribution is 7.90. The third-order valence-electron chi connectivity index (χ3n) is 4.31. The molecule has 0 bridgehead atoms. The molecule has 0 radical (unpaired) electrons. The van der Waals surface area contributed by atoms with E-state index in [2.05, 4.69) is 38.8 Å². The number of guanidine groups is 1. The SMILES string of the molecule is Cc1cc(C)nc(NC(=NS(=O)(=O)c2ccccc2)Nc2ccc(C(C)C)cc2)n1. The van der Waals surface area contributed by atoms with Crippen LogP contribution in [-0.2, 0) is 10.0 Å². The van der Waals surface area contributed by atoms with Crippen LogP contribution in [0, 0.1) is 13.8 Å². The Morgan fingerprint density at radius 3 is 2.07 bits per heavy atom. The summed E-state index contributed by atoms with van der Waals surface area (Å²) in [7, 11) is -3.93. The zero-order valence-electron chi connectivity index (χ0n) is 17.4. The van der Waals surface area contributed by atoms with Crippen LogP contribution in [0.5, 0.6) is 0 Å². The highest BCUT2D eigenvalue weighted by Gasteiger charge is 2.15. The minimum atomic E-state index is -3.93. The van der Waals surface area contributed by atoms with E-state index in [-0.39, 0.29) is 16.8 Å². The molecule has 0 aliphatic carbocycles. The van der Waals surface area contributed by atoms with Gasteiger partial charge in [-0.1, -0.05) is 44.2 Å². The van der Waals surface area contributed by atoms with Gasteiger partial charge in [0.25, 0.3) is 10.0 Å². The van der Waals surface area contributed by atoms with Crippen LogP contribution < -0.4 is 10.6 Å². The molecule has 2 aromatic carbocycles. The molecule has 0 unspecified atom stereocenters. The molecule has 0 fully saturated rings. The van der Waals surface area contributed by atoms with Gasteiger partial charge in [0.2, 0.25) is 11.9 Å². The van der Waals surface area contributed by atoms with Crippen molar-refractivity contribution in [3.05, 3.63) is 77.6 Å². The Morgan fingerprint density at radius 2 is 1.50 bits per heavy atom. The Bertz CT molecular complexity index is 1120. The van der Waals surface area contributed by atoms with E-state index in [1.54, 1.807) is 18.2 Å². The van der Waals surface area contributed by atoms with Crippen LogP contribution in [0.4, 0.5) is 11.6 Å². The number of hydrogen-bond donors (Lipinski definition) is 2. The van der Waals surface area contributed by atoms with E-state index in [9.17, 15) is 8.42 Å². The minimum Gasteiger partial charge on any atom is -0.325 e. The molecular formula is C22H25N5O2S. The Kier molecular flexibility index (Phi) is 6.47. The van der Waals surface area contributed by atoms with E-state index in [0.29, 0.717) is 11.6 Å². The number of anilines is 2. The van der Waals surface area contributed by atoms with Gasteiger partial charge in [0, 0.05) is 17.1 Å². The highest BCUT2D eigenvalue weighted by atomic mass is 32.2. The fourth-order valence-electron chi connectivity index (χ4n) is 2.82. The fourth-order valence-corrected chi connectivity index (χ4v) is 3.76. The smallest absolute Gasteiger partial charge is 0.285 e. The number of hydrogen-bond acceptors (Lipinski definition) is 4. The van der Waals surface area contributed by atoms with Crippen LogP contribution >= 0.6 is 0 Å². The van der Waals surface area contributed by atoms with Crippen molar-refractivity contribution in [2.24, 2.45) is 4.40 Å². The third-order valence-corrected chi connectivity index (χ3v) is 5.60. The summed E-state index contributed by atoms with van der Waals surface area (Å²) < 4.78 is 29.6. The van der Waals surface area contributed by atoms with Crippen LogP contribution in [-0.4, -0.2) is 24.3 Å². The molecule has 0 saturated heterocycles. The van der Waals surface area contributed by atoms with Crippen molar-refractivity contribution in [3.8, 4) is 0 Å². The van der Waals surface area contributed by atoms with Gasteiger partial charge in [-0.3, -0.25) is 5.32 Å². The van der Waals surface area contributed by atoms with Gasteiger partial charge in [0.05, 0.1) is 4.90 Å². The first-order valence-electron chi connectivity index (χ1n) is 9.59. The molecule has 156 valence electrons. The first kappa shape index (κ1) is 21.4. The number of aryl methyl sites for hydroxylation is 2. The molecule has 2 N–H and O–H groups in total. The van der Waals surface area contributed by atoms with E-state index >= 15 is 0 Å². The van der Waals surface area contributed by atoms with Gasteiger partial charge in [-0.25, -0.2) is 9.97 Å². The number of benzene rings is 2. The third kappa shape index (κ3) is 5.64. The maximum atomic E-state index is 12.8. The zero-order chi connectivity index (χ0) is 21.7. The van der Waals surface area contributed by atoms with Crippen molar-refractivity contribution >= 4 is 27.6 Å². The summed E-state index contributed by atoms with van der Waals surface area (Å²) in [4.78, 5) is 8.73. The van der Waals surface area contributed by atoms with Crippen molar-refractivity contribution in [1.29, 1.82) is 0 Å². The van der Waals surface area contributed by atoms with Gasteiger partial charge in [0.15, 0.2) is 0 Å². The summed E-state index contributed by atoms with van der Waals surface area (Å²) in [6, 6.07) is 17.6. The number of nitrogens with one attached hydrogen (secondary N) is 2. The first-order chi connectivity index (χ1) is 14.2. The average Bonchev–Trinajstić information content (AvgIpc) is 2.68. The summed E-state index contributed by atoms with van der Waals surface area (Å²) in [5.41, 5.74) is 3.40. The van der Waals surface area contributed by atoms with E-state index in [4.69, 9.17) is 0 Å². The Labute approximate surface area is 177 Å². The molecule has 8 heteroatoms. The largest absolute Gasteiger partial charge is 0.325 e. The zero-order valence-corrected chi connectivity index (χ0v) is 18.2. The van der Waals surface area contributed by atoms with Crippen molar-refractivity contribution < 1.29 is 8.42 Å². The number of sulfonamides is 1. The van der Waals surface area contributed by atoms with Crippen LogP contribution in [0.15, 0.2) is 70.0 Å². The molecule has 0 spiro atoms. The van der Waals surface area contributed by atoms with Gasteiger partial charge in [0.1, 0.15) is 0 Å². The molecule has 0 atom stereocenters. The minimum absolute atomic E-state index is 0.0150. The summed E-state index contributed by atoms with van der Waals surface area (Å²) in [5.74, 6) is 0.675. The van der Waals surface area contributed by atoms with Crippen molar-refractivity contribution in [3.63, 3.8) is 0 Å². The topological polar surface area (TPSA) is 96.3 Å². The van der Waals surface area contributed by atoms with Crippen LogP contribution in [0.3, 0.4) is 0 Å². The summed E-state index contributed by atoms with van der Waals surface area (Å²) in [5, 5.41) is 5.95. The second-order valence-electron chi connectivity index (χ2n) is 7.23. The van der Waals surface area contributed by atoms with Gasteiger partial charge in [-0.05, 0) is 55.7 Å². The van der Waals surface area contributed by atoms with Crippen molar-refractivity contribution in [1.82, 2.24) is 9.97 Å². The van der Waals surface area contributed by atoms with Gasteiger partial charge in [-0.2, -0.15) is 8.42 Å². The fraction of sp³-hybridized carbons (Fsp3) is 0.227. The summed E-state index contributed by atoms with van der Waals surface area (Å²) >= 11 is 0. The number of rotatable bonds is 5. The predicted octanol–water partition coefficient (Wildman–Crippen LogP) is 4.49. The normalized spacial score (nSPS) is 12.1. The molecule has 0 aliphatic heterocycles. The molecule has 1 heterocycles. The lowest BCUT2D eigenvalue weighted by molar-refractivity contribution is 0.598. The van der Waals surface area contributed by atoms with E-state index in [1.165, 1.54) is 17.7 Å². The van der Waals surface area contributed by atoms with E-state index < -0.39 is 10.0 Å². The molecule has 0 aliphatic rings. The van der Waals surface area contributed by atoms with Crippen LogP contribution in [0.1, 0.15) is 36.7 Å². The van der Waals surface area contributed by atoms with Gasteiger partial charge < -0.3 is 5.32 Å². The average molecular weight is 424 g/mol. The Morgan fingerprint density at radius 1 is 0.900 bits per heavy atom. The number of aromatic nitrogens is 2. The summed E-state index contributed by atoms with van der Waals surface area (Å²) in [6.45, 7) is 7.91. The maximum absolute atomic E-state index is 12.8. The molecule has 0 saturated carbocycles. The highest BCUT2D eigenvalue weighted by Crippen LogP contribution is 2.18. The quantitative estimate of drug-likeness (QED) is 0.464. The van der Waals surface area contributed by atoms with Crippen molar-refractivity contribution in [2.75, 3.05) is 10.6 Å². The molecule has 30 heavy (non-hydrogen) atoms. The Hall–Kier alpha value is -3.26. The van der Waals surface area contributed by atoms with Gasteiger partial charge in [-0.15, -0.1) is 4.40 Å². The second-order valence-corrected chi connectivity index (χ2v) is 8.83. The van der Waals surface area contributed by atoms with Crippen LogP contribution in [0.2, 0.25) is 0 Å². The molecule has 3 rings (SSSR count). The van der Waals surface area contributed by atoms with E-state index in [1.807, 2.05) is 44.2 Å². The number of nitrogens with zero attached hydrogens (tertiary/aromatic N) is 3. The lowest BCUT2D eigenvalue weighted by Gasteiger charge is -2.13. The predicted molar refractivity (Wildman–Crippen MR) is 120 cm³/mol. The molecule has 3 aromatic rings. The van der Waals surface area contributed by atoms with E-state index in [0.717, 1.165) is 11.4 Å². The monoisotopic (exact) mass is 423 g/mol. The second kappa shape index (κ2) is 9.04. The Balaban J connectivity index is 1.97. The summed E-state index contributed by atoms with van der Waals surface area (Å²) in [6.07, 6.45) is 0. The van der Waals surface area contributed by atoms with Crippen molar-refractivity contribution in [2.45, 2.75) is 38.5 Å². The lowest BCUT2D eigenvalue weighted by Crippen LogP contribution is -2.25. The van der Waals surface area contributed by atoms with Gasteiger partial charge >= 0.3 is 0 Å². The lowest BCUT2D eigenvalue weighted by atomic mass is 10.0. The standard InChI is InChI=1S/C22H25N5O2S/c1-15(2)18-10-12-19(13-11-18)25-22(26-21-23-16(3)14-17(4)24-21)27-30(28,29)20-8-6-5-7-9-20/h5-15H,1-4H3,(H2,23,24,25,26,27). The molecule has 1 aromatic heterocycles. The molecular weight excluding hydrogens is 398 g/mol. The maximum Gasteiger partial charge on any atom is 0.285 e. The molecule has 7 nitrogen and oxygen atoms in total. The first-order valence-corrected chi connectivity index (χ1v) is 11.0. The molecule has 0 amide bonds. The van der Waals surface area contributed by atoms with Crippen LogP contribution in [0.25, 0.3) is 0 Å².